The Balaban J connectivity index is 2.45. The van der Waals surface area contributed by atoms with Crippen molar-refractivity contribution in [1.29, 1.82) is 0 Å². The number of carbonyl (C=O) groups is 2. The number of piperidine rings is 1. The second kappa shape index (κ2) is 3.37. The molecule has 0 aromatic rings. The number of rotatable bonds is 1. The first-order chi connectivity index (χ1) is 5.24. The molecule has 0 bridgehead atoms. The zero-order valence-electron chi connectivity index (χ0n) is 6.19. The molecule has 11 heavy (non-hydrogen) atoms. The molecule has 1 N–H and O–H groups in total. The SMILES string of the molecule is O=C[C@@H]1CCCN(C(=O)O)C1. The first-order valence-corrected chi connectivity index (χ1v) is 3.67. The highest BCUT2D eigenvalue weighted by atomic mass is 16.4. The Labute approximate surface area is 64.8 Å². The summed E-state index contributed by atoms with van der Waals surface area (Å²) in [5.74, 6) is -0.0835. The van der Waals surface area contributed by atoms with Crippen LogP contribution in [0, 0.1) is 5.92 Å². The van der Waals surface area contributed by atoms with Gasteiger partial charge in [0.15, 0.2) is 0 Å². The van der Waals surface area contributed by atoms with Crippen LogP contribution in [0.5, 0.6) is 0 Å². The first kappa shape index (κ1) is 8.04. The minimum absolute atomic E-state index is 0.0835. The van der Waals surface area contributed by atoms with Crippen LogP contribution in [0.4, 0.5) is 4.79 Å². The Hall–Kier alpha value is -1.06. The van der Waals surface area contributed by atoms with Crippen LogP contribution < -0.4 is 0 Å². The summed E-state index contributed by atoms with van der Waals surface area (Å²) in [4.78, 5) is 22.0. The number of carboxylic acid groups (broad SMARTS) is 1. The van der Waals surface area contributed by atoms with E-state index in [9.17, 15) is 9.59 Å². The fourth-order valence-corrected chi connectivity index (χ4v) is 1.29. The molecule has 0 spiro atoms. The van der Waals surface area contributed by atoms with Gasteiger partial charge >= 0.3 is 6.09 Å². The van der Waals surface area contributed by atoms with Crippen molar-refractivity contribution in [2.24, 2.45) is 5.92 Å². The smallest absolute Gasteiger partial charge is 0.407 e. The number of aldehydes is 1. The van der Waals surface area contributed by atoms with Gasteiger partial charge in [-0.15, -0.1) is 0 Å². The van der Waals surface area contributed by atoms with E-state index in [1.165, 1.54) is 4.90 Å². The van der Waals surface area contributed by atoms with Crippen LogP contribution in [0.25, 0.3) is 0 Å². The number of hydrogen-bond donors (Lipinski definition) is 1. The lowest BCUT2D eigenvalue weighted by Crippen LogP contribution is -2.39. The van der Waals surface area contributed by atoms with E-state index < -0.39 is 6.09 Å². The van der Waals surface area contributed by atoms with Gasteiger partial charge in [-0.3, -0.25) is 0 Å². The molecule has 1 aliphatic heterocycles. The second-order valence-corrected chi connectivity index (χ2v) is 2.77. The fraction of sp³-hybridized carbons (Fsp3) is 0.714. The van der Waals surface area contributed by atoms with E-state index in [0.29, 0.717) is 13.1 Å². The summed E-state index contributed by atoms with van der Waals surface area (Å²) in [5.41, 5.74) is 0. The highest BCUT2D eigenvalue weighted by Crippen LogP contribution is 2.13. The molecular weight excluding hydrogens is 146 g/mol. The zero-order valence-corrected chi connectivity index (χ0v) is 6.19. The van der Waals surface area contributed by atoms with E-state index in [-0.39, 0.29) is 5.92 Å². The standard InChI is InChI=1S/C7H11NO3/c9-5-6-2-1-3-8(4-6)7(10)11/h5-6H,1-4H2,(H,10,11)/t6-/m1/s1. The third-order valence-corrected chi connectivity index (χ3v) is 1.92. The van der Waals surface area contributed by atoms with E-state index in [2.05, 4.69) is 0 Å². The Bertz CT molecular complexity index is 169. The summed E-state index contributed by atoms with van der Waals surface area (Å²) >= 11 is 0. The number of amides is 1. The van der Waals surface area contributed by atoms with Gasteiger partial charge < -0.3 is 14.8 Å². The van der Waals surface area contributed by atoms with E-state index in [1.807, 2.05) is 0 Å². The number of nitrogens with zero attached hydrogens (tertiary/aromatic N) is 1. The first-order valence-electron chi connectivity index (χ1n) is 3.67. The predicted molar refractivity (Wildman–Crippen MR) is 38.4 cm³/mol. The molecule has 1 rings (SSSR count). The maximum Gasteiger partial charge on any atom is 0.407 e. The molecule has 0 aliphatic carbocycles. The van der Waals surface area contributed by atoms with Gasteiger partial charge in [0, 0.05) is 19.0 Å². The summed E-state index contributed by atoms with van der Waals surface area (Å²) in [6, 6.07) is 0. The summed E-state index contributed by atoms with van der Waals surface area (Å²) in [6.07, 6.45) is 1.55. The molecule has 4 heteroatoms. The Kier molecular flexibility index (Phi) is 2.46. The zero-order chi connectivity index (χ0) is 8.27. The van der Waals surface area contributed by atoms with Crippen molar-refractivity contribution in [3.8, 4) is 0 Å². The van der Waals surface area contributed by atoms with Gasteiger partial charge in [-0.25, -0.2) is 4.79 Å². The summed E-state index contributed by atoms with van der Waals surface area (Å²) in [5, 5.41) is 8.56. The van der Waals surface area contributed by atoms with Crippen molar-refractivity contribution >= 4 is 12.4 Å². The van der Waals surface area contributed by atoms with Crippen LogP contribution in [-0.2, 0) is 4.79 Å². The van der Waals surface area contributed by atoms with Crippen LogP contribution in [0.1, 0.15) is 12.8 Å². The van der Waals surface area contributed by atoms with E-state index in [4.69, 9.17) is 5.11 Å². The molecule has 0 aromatic carbocycles. The van der Waals surface area contributed by atoms with E-state index >= 15 is 0 Å². The van der Waals surface area contributed by atoms with E-state index in [1.54, 1.807) is 0 Å². The lowest BCUT2D eigenvalue weighted by molar-refractivity contribution is -0.112. The average Bonchev–Trinajstić information content (AvgIpc) is 2.05. The van der Waals surface area contributed by atoms with Gasteiger partial charge in [-0.1, -0.05) is 0 Å². The molecule has 1 aliphatic rings. The van der Waals surface area contributed by atoms with Crippen molar-refractivity contribution in [1.82, 2.24) is 4.90 Å². The molecule has 1 atom stereocenters. The molecule has 0 radical (unpaired) electrons. The molecule has 0 unspecified atom stereocenters. The Morgan fingerprint density at radius 3 is 2.91 bits per heavy atom. The minimum atomic E-state index is -0.920. The van der Waals surface area contributed by atoms with Crippen molar-refractivity contribution in [3.63, 3.8) is 0 Å². The topological polar surface area (TPSA) is 57.6 Å². The third-order valence-electron chi connectivity index (χ3n) is 1.92. The second-order valence-electron chi connectivity index (χ2n) is 2.77. The predicted octanol–water partition coefficient (Wildman–Crippen LogP) is 0.575. The molecule has 1 fully saturated rings. The number of carbonyl (C=O) groups excluding carboxylic acids is 1. The summed E-state index contributed by atoms with van der Waals surface area (Å²) in [6.45, 7) is 0.943. The average molecular weight is 157 g/mol. The van der Waals surface area contributed by atoms with Crippen molar-refractivity contribution in [2.75, 3.05) is 13.1 Å². The Morgan fingerprint density at radius 2 is 2.36 bits per heavy atom. The van der Waals surface area contributed by atoms with Gasteiger partial charge in [-0.05, 0) is 12.8 Å². The van der Waals surface area contributed by atoms with Gasteiger partial charge in [-0.2, -0.15) is 0 Å². The molecule has 62 valence electrons. The maximum absolute atomic E-state index is 10.4. The minimum Gasteiger partial charge on any atom is -0.465 e. The van der Waals surface area contributed by atoms with Crippen molar-refractivity contribution in [3.05, 3.63) is 0 Å². The van der Waals surface area contributed by atoms with Crippen LogP contribution in [0.15, 0.2) is 0 Å². The maximum atomic E-state index is 10.4. The molecular formula is C7H11NO3. The van der Waals surface area contributed by atoms with Crippen LogP contribution in [0.3, 0.4) is 0 Å². The van der Waals surface area contributed by atoms with Gasteiger partial charge in [0.2, 0.25) is 0 Å². The van der Waals surface area contributed by atoms with E-state index in [0.717, 1.165) is 19.1 Å². The van der Waals surface area contributed by atoms with Crippen LogP contribution in [-0.4, -0.2) is 35.5 Å². The Morgan fingerprint density at radius 1 is 1.64 bits per heavy atom. The molecule has 4 nitrogen and oxygen atoms in total. The third kappa shape index (κ3) is 1.93. The molecule has 0 saturated carbocycles. The van der Waals surface area contributed by atoms with Crippen LogP contribution >= 0.6 is 0 Å². The highest BCUT2D eigenvalue weighted by Gasteiger charge is 2.22. The van der Waals surface area contributed by atoms with Crippen LogP contribution in [0.2, 0.25) is 0 Å². The fourth-order valence-electron chi connectivity index (χ4n) is 1.29. The lowest BCUT2D eigenvalue weighted by Gasteiger charge is -2.27. The molecule has 1 amide bonds. The summed E-state index contributed by atoms with van der Waals surface area (Å²) in [7, 11) is 0. The molecule has 0 aromatic heterocycles. The van der Waals surface area contributed by atoms with Gasteiger partial charge in [0.25, 0.3) is 0 Å². The monoisotopic (exact) mass is 157 g/mol. The number of hydrogen-bond acceptors (Lipinski definition) is 2. The quantitative estimate of drug-likeness (QED) is 0.566. The van der Waals surface area contributed by atoms with Crippen molar-refractivity contribution in [2.45, 2.75) is 12.8 Å². The normalized spacial score (nSPS) is 24.7. The lowest BCUT2D eigenvalue weighted by atomic mass is 10.0. The summed E-state index contributed by atoms with van der Waals surface area (Å²) < 4.78 is 0. The molecule has 1 saturated heterocycles. The largest absolute Gasteiger partial charge is 0.465 e. The number of likely N-dealkylation sites (tertiary alicyclic amines) is 1. The van der Waals surface area contributed by atoms with Gasteiger partial charge in [0.1, 0.15) is 6.29 Å². The van der Waals surface area contributed by atoms with Gasteiger partial charge in [0.05, 0.1) is 0 Å². The van der Waals surface area contributed by atoms with Crippen molar-refractivity contribution < 1.29 is 14.7 Å². The highest BCUT2D eigenvalue weighted by molar-refractivity contribution is 5.66. The molecule has 1 heterocycles.